The van der Waals surface area contributed by atoms with Crippen LogP contribution in [0, 0.1) is 17.8 Å². The molecule has 3 heterocycles. The van der Waals surface area contributed by atoms with Gasteiger partial charge in [0.1, 0.15) is 11.4 Å². The molecule has 0 amide bonds. The van der Waals surface area contributed by atoms with E-state index in [2.05, 4.69) is 32.1 Å². The van der Waals surface area contributed by atoms with E-state index in [0.29, 0.717) is 29.4 Å². The van der Waals surface area contributed by atoms with Gasteiger partial charge in [0.25, 0.3) is 0 Å². The minimum absolute atomic E-state index is 0.349. The summed E-state index contributed by atoms with van der Waals surface area (Å²) in [6, 6.07) is 8.96. The summed E-state index contributed by atoms with van der Waals surface area (Å²) in [6.07, 6.45) is -1.45. The van der Waals surface area contributed by atoms with Crippen LogP contribution >= 0.6 is 11.3 Å². The molecule has 0 fully saturated rings. The number of benzene rings is 1. The van der Waals surface area contributed by atoms with Crippen molar-refractivity contribution >= 4 is 27.2 Å². The Morgan fingerprint density at radius 2 is 1.91 bits per heavy atom. The zero-order valence-electron chi connectivity index (χ0n) is 17.9. The highest BCUT2D eigenvalue weighted by Gasteiger charge is 2.32. The molecule has 10 heteroatoms. The highest BCUT2D eigenvalue weighted by Crippen LogP contribution is 2.34. The third-order valence-electron chi connectivity index (χ3n) is 4.95. The number of nitrogens with zero attached hydrogens (tertiary/aromatic N) is 3. The molecule has 34 heavy (non-hydrogen) atoms. The molecule has 0 aliphatic rings. The number of nitrogens with two attached hydrogens (primary N) is 1. The van der Waals surface area contributed by atoms with Crippen LogP contribution in [0.2, 0.25) is 0 Å². The van der Waals surface area contributed by atoms with Gasteiger partial charge in [0.05, 0.1) is 4.88 Å². The van der Waals surface area contributed by atoms with E-state index < -0.39 is 17.8 Å². The Hall–Kier alpha value is -3.55. The average molecular weight is 486 g/mol. The zero-order valence-corrected chi connectivity index (χ0v) is 18.8. The van der Waals surface area contributed by atoms with Crippen molar-refractivity contribution in [2.75, 3.05) is 11.9 Å². The Morgan fingerprint density at radius 3 is 2.62 bits per heavy atom. The number of alkyl halides is 3. The van der Waals surface area contributed by atoms with E-state index in [0.717, 1.165) is 27.3 Å². The maximum atomic E-state index is 13.6. The highest BCUT2D eigenvalue weighted by atomic mass is 32.1. The van der Waals surface area contributed by atoms with Crippen LogP contribution in [-0.4, -0.2) is 27.5 Å². The van der Waals surface area contributed by atoms with E-state index in [9.17, 15) is 17.6 Å². The predicted octanol–water partition coefficient (Wildman–Crippen LogP) is 5.26. The summed E-state index contributed by atoms with van der Waals surface area (Å²) in [4.78, 5) is 12.5. The minimum Gasteiger partial charge on any atom is -0.360 e. The molecule has 1 unspecified atom stereocenters. The molecular formula is C24H19F4N5S. The van der Waals surface area contributed by atoms with Gasteiger partial charge in [-0.15, -0.1) is 0 Å². The Balaban J connectivity index is 1.48. The standard InChI is InChI=1S/C24H19F4N5S/c1-2-3-19-22(15-5-6-16-12-31-21(25)10-17(16)9-15)34-23(33-19)32-13-18(29)8-14-4-7-20(30-11-14)24(26,27)28/h4-7,9-12,18H,8,13,29H2,1H3,(H,32,33). The Kier molecular flexibility index (Phi) is 6.77. The first kappa shape index (κ1) is 23.6. The molecule has 1 aromatic carbocycles. The Labute approximate surface area is 197 Å². The van der Waals surface area contributed by atoms with Crippen LogP contribution in [-0.2, 0) is 12.6 Å². The van der Waals surface area contributed by atoms with E-state index in [1.807, 2.05) is 18.2 Å². The van der Waals surface area contributed by atoms with Gasteiger partial charge in [0.2, 0.25) is 5.95 Å². The minimum atomic E-state index is -4.47. The second-order valence-corrected chi connectivity index (χ2v) is 8.53. The van der Waals surface area contributed by atoms with E-state index in [1.165, 1.54) is 35.9 Å². The first-order valence-corrected chi connectivity index (χ1v) is 11.1. The molecule has 0 radical (unpaired) electrons. The van der Waals surface area contributed by atoms with Crippen LogP contribution in [0.15, 0.2) is 48.8 Å². The van der Waals surface area contributed by atoms with Crippen LogP contribution in [0.3, 0.4) is 0 Å². The largest absolute Gasteiger partial charge is 0.433 e. The molecule has 0 saturated carbocycles. The molecule has 174 valence electrons. The number of rotatable bonds is 6. The van der Waals surface area contributed by atoms with Crippen molar-refractivity contribution < 1.29 is 17.6 Å². The summed E-state index contributed by atoms with van der Waals surface area (Å²) in [6.45, 7) is 2.06. The van der Waals surface area contributed by atoms with Crippen LogP contribution in [0.5, 0.6) is 0 Å². The molecule has 0 saturated heterocycles. The molecule has 4 rings (SSSR count). The number of pyridine rings is 2. The first-order chi connectivity index (χ1) is 16.2. The topological polar surface area (TPSA) is 76.7 Å². The molecule has 3 aromatic heterocycles. The number of thiazole rings is 1. The van der Waals surface area contributed by atoms with Crippen LogP contribution < -0.4 is 11.1 Å². The Morgan fingerprint density at radius 1 is 1.09 bits per heavy atom. The lowest BCUT2D eigenvalue weighted by molar-refractivity contribution is -0.141. The Bertz CT molecular complexity index is 1370. The third-order valence-corrected chi connectivity index (χ3v) is 6.01. The number of nitrogens with one attached hydrogen (secondary N) is 1. The van der Waals surface area contributed by atoms with Crippen molar-refractivity contribution in [1.82, 2.24) is 15.0 Å². The molecule has 4 aromatic rings. The molecule has 0 aliphatic carbocycles. The van der Waals surface area contributed by atoms with Gasteiger partial charge in [-0.2, -0.15) is 17.6 Å². The molecule has 0 aliphatic heterocycles. The monoisotopic (exact) mass is 485 g/mol. The molecular weight excluding hydrogens is 466 g/mol. The highest BCUT2D eigenvalue weighted by molar-refractivity contribution is 7.19. The molecule has 0 bridgehead atoms. The molecule has 0 spiro atoms. The van der Waals surface area contributed by atoms with Crippen molar-refractivity contribution in [1.29, 1.82) is 0 Å². The van der Waals surface area contributed by atoms with Crippen molar-refractivity contribution in [3.05, 3.63) is 71.7 Å². The maximum Gasteiger partial charge on any atom is 0.433 e. The fraction of sp³-hybridized carbons (Fsp3) is 0.208. The number of fused-ring (bicyclic) bond motifs is 1. The summed E-state index contributed by atoms with van der Waals surface area (Å²) in [7, 11) is 0. The molecule has 1 atom stereocenters. The lowest BCUT2D eigenvalue weighted by Gasteiger charge is -2.12. The fourth-order valence-corrected chi connectivity index (χ4v) is 4.28. The van der Waals surface area contributed by atoms with E-state index in [-0.39, 0.29) is 6.04 Å². The van der Waals surface area contributed by atoms with Gasteiger partial charge in [-0.25, -0.2) is 9.97 Å². The maximum absolute atomic E-state index is 13.6. The zero-order chi connectivity index (χ0) is 24.3. The van der Waals surface area contributed by atoms with Gasteiger partial charge in [-0.1, -0.05) is 35.5 Å². The third kappa shape index (κ3) is 5.50. The van der Waals surface area contributed by atoms with Crippen molar-refractivity contribution in [3.8, 4) is 22.3 Å². The summed E-state index contributed by atoms with van der Waals surface area (Å²) in [5.41, 5.74) is 7.27. The SMILES string of the molecule is CC#Cc1nc(NCC(N)Cc2ccc(C(F)(F)F)nc2)sc1-c1ccc2cnc(F)cc2c1. The van der Waals surface area contributed by atoms with E-state index in [4.69, 9.17) is 5.73 Å². The fourth-order valence-electron chi connectivity index (χ4n) is 3.36. The van der Waals surface area contributed by atoms with Gasteiger partial charge in [-0.05, 0) is 47.9 Å². The van der Waals surface area contributed by atoms with Gasteiger partial charge in [0.15, 0.2) is 5.13 Å². The first-order valence-electron chi connectivity index (χ1n) is 10.2. The van der Waals surface area contributed by atoms with Crippen molar-refractivity contribution in [2.24, 2.45) is 5.73 Å². The van der Waals surface area contributed by atoms with E-state index in [1.54, 1.807) is 6.92 Å². The summed E-state index contributed by atoms with van der Waals surface area (Å²) in [5, 5.41) is 5.32. The van der Waals surface area contributed by atoms with Gasteiger partial charge >= 0.3 is 6.18 Å². The quantitative estimate of drug-likeness (QED) is 0.221. The van der Waals surface area contributed by atoms with Crippen LogP contribution in [0.25, 0.3) is 21.2 Å². The summed E-state index contributed by atoms with van der Waals surface area (Å²) >= 11 is 1.39. The average Bonchev–Trinajstić information content (AvgIpc) is 3.20. The lowest BCUT2D eigenvalue weighted by Crippen LogP contribution is -2.31. The second kappa shape index (κ2) is 9.75. The summed E-state index contributed by atoms with van der Waals surface area (Å²) in [5.74, 6) is 5.29. The number of hydrogen-bond donors (Lipinski definition) is 2. The van der Waals surface area contributed by atoms with Crippen LogP contribution in [0.1, 0.15) is 23.9 Å². The van der Waals surface area contributed by atoms with Crippen molar-refractivity contribution in [2.45, 2.75) is 25.6 Å². The molecule has 5 nitrogen and oxygen atoms in total. The number of hydrogen-bond acceptors (Lipinski definition) is 6. The number of halogens is 4. The number of aromatic nitrogens is 3. The van der Waals surface area contributed by atoms with Gasteiger partial charge < -0.3 is 11.1 Å². The van der Waals surface area contributed by atoms with E-state index >= 15 is 0 Å². The van der Waals surface area contributed by atoms with Gasteiger partial charge in [-0.3, -0.25) is 4.98 Å². The lowest BCUT2D eigenvalue weighted by atomic mass is 10.1. The second-order valence-electron chi connectivity index (χ2n) is 7.54. The summed E-state index contributed by atoms with van der Waals surface area (Å²) < 4.78 is 51.6. The number of anilines is 1. The van der Waals surface area contributed by atoms with Gasteiger partial charge in [0, 0.05) is 36.4 Å². The van der Waals surface area contributed by atoms with Crippen LogP contribution in [0.4, 0.5) is 22.7 Å². The van der Waals surface area contributed by atoms with Crippen molar-refractivity contribution in [3.63, 3.8) is 0 Å². The smallest absolute Gasteiger partial charge is 0.360 e. The normalized spacial score (nSPS) is 12.3. The predicted molar refractivity (Wildman–Crippen MR) is 125 cm³/mol. The molecule has 3 N–H and O–H groups in total.